The Morgan fingerprint density at radius 3 is 3.36 bits per heavy atom. The highest BCUT2D eigenvalue weighted by atomic mass is 35.5. The zero-order valence-electron chi connectivity index (χ0n) is 6.98. The Kier molecular flexibility index (Phi) is 1.14. The van der Waals surface area contributed by atoms with Crippen LogP contribution in [0.15, 0.2) is 18.3 Å². The van der Waals surface area contributed by atoms with Crippen LogP contribution in [0.5, 0.6) is 0 Å². The normalized spacial score (nSPS) is 12.0. The maximum absolute atomic E-state index is 7.36. The SMILES string of the molecule is [2H]c1cnc2[nH]c(Cl)c(C)c2c1. The highest BCUT2D eigenvalue weighted by Crippen LogP contribution is 2.22. The van der Waals surface area contributed by atoms with Crippen LogP contribution in [-0.2, 0) is 0 Å². The quantitative estimate of drug-likeness (QED) is 0.642. The molecule has 0 aliphatic carbocycles. The summed E-state index contributed by atoms with van der Waals surface area (Å²) in [4.78, 5) is 6.96. The number of pyridine rings is 1. The first-order valence-corrected chi connectivity index (χ1v) is 3.66. The third-order valence-electron chi connectivity index (χ3n) is 1.71. The molecular weight excluding hydrogens is 160 g/mol. The van der Waals surface area contributed by atoms with Crippen LogP contribution >= 0.6 is 11.6 Å². The highest BCUT2D eigenvalue weighted by molar-refractivity contribution is 6.31. The molecule has 1 N–H and O–H groups in total. The molecule has 0 aliphatic heterocycles. The smallest absolute Gasteiger partial charge is 0.138 e. The fraction of sp³-hybridized carbons (Fsp3) is 0.125. The summed E-state index contributed by atoms with van der Waals surface area (Å²) >= 11 is 5.85. The van der Waals surface area contributed by atoms with Gasteiger partial charge in [-0.05, 0) is 24.6 Å². The lowest BCUT2D eigenvalue weighted by Gasteiger charge is -1.86. The van der Waals surface area contributed by atoms with Gasteiger partial charge in [-0.2, -0.15) is 0 Å². The Morgan fingerprint density at radius 1 is 1.73 bits per heavy atom. The molecule has 0 amide bonds. The number of aromatic amines is 1. The predicted octanol–water partition coefficient (Wildman–Crippen LogP) is 2.52. The molecule has 0 saturated heterocycles. The number of hydrogen-bond donors (Lipinski definition) is 1. The van der Waals surface area contributed by atoms with Crippen LogP contribution in [0.25, 0.3) is 11.0 Å². The number of H-pyrrole nitrogens is 1. The van der Waals surface area contributed by atoms with Crippen molar-refractivity contribution >= 4 is 22.6 Å². The molecule has 2 rings (SSSR count). The summed E-state index contributed by atoms with van der Waals surface area (Å²) in [5, 5.41) is 1.52. The van der Waals surface area contributed by atoms with E-state index in [4.69, 9.17) is 13.0 Å². The van der Waals surface area contributed by atoms with Crippen molar-refractivity contribution in [2.45, 2.75) is 6.92 Å². The van der Waals surface area contributed by atoms with Crippen LogP contribution in [0.3, 0.4) is 0 Å². The van der Waals surface area contributed by atoms with Crippen LogP contribution < -0.4 is 0 Å². The standard InChI is InChI=1S/C8H7ClN2/c1-5-6-3-2-4-10-8(6)11-7(5)9/h2-4H,1H3,(H,10,11)/i2D. The van der Waals surface area contributed by atoms with E-state index in [9.17, 15) is 0 Å². The van der Waals surface area contributed by atoms with Gasteiger partial charge in [0.25, 0.3) is 0 Å². The first kappa shape index (κ1) is 5.61. The molecule has 0 saturated carbocycles. The van der Waals surface area contributed by atoms with Crippen LogP contribution in [0.4, 0.5) is 0 Å². The van der Waals surface area contributed by atoms with Gasteiger partial charge in [0.1, 0.15) is 10.8 Å². The van der Waals surface area contributed by atoms with Crippen molar-refractivity contribution < 1.29 is 1.37 Å². The lowest BCUT2D eigenvalue weighted by Crippen LogP contribution is -1.72. The van der Waals surface area contributed by atoms with Crippen molar-refractivity contribution in [1.82, 2.24) is 9.97 Å². The minimum atomic E-state index is 0.404. The van der Waals surface area contributed by atoms with Gasteiger partial charge in [-0.25, -0.2) is 4.98 Å². The van der Waals surface area contributed by atoms with E-state index < -0.39 is 0 Å². The number of halogens is 1. The number of nitrogens with one attached hydrogen (secondary N) is 1. The number of aryl methyl sites for hydroxylation is 1. The van der Waals surface area contributed by atoms with Crippen LogP contribution in [-0.4, -0.2) is 9.97 Å². The van der Waals surface area contributed by atoms with Gasteiger partial charge in [-0.1, -0.05) is 11.6 Å². The van der Waals surface area contributed by atoms with Crippen molar-refractivity contribution in [1.29, 1.82) is 0 Å². The summed E-state index contributed by atoms with van der Waals surface area (Å²) in [6, 6.07) is 2.15. The lowest BCUT2D eigenvalue weighted by molar-refractivity contribution is 1.32. The maximum atomic E-state index is 7.36. The Morgan fingerprint density at radius 2 is 2.55 bits per heavy atom. The summed E-state index contributed by atoms with van der Waals surface area (Å²) in [5.74, 6) is 0. The van der Waals surface area contributed by atoms with Crippen LogP contribution in [0.1, 0.15) is 6.93 Å². The minimum absolute atomic E-state index is 0.404. The molecule has 0 aliphatic rings. The van der Waals surface area contributed by atoms with Gasteiger partial charge in [-0.15, -0.1) is 0 Å². The van der Waals surface area contributed by atoms with E-state index >= 15 is 0 Å². The molecule has 2 aromatic rings. The summed E-state index contributed by atoms with van der Waals surface area (Å²) in [7, 11) is 0. The van der Waals surface area contributed by atoms with Crippen molar-refractivity contribution in [2.75, 3.05) is 0 Å². The Labute approximate surface area is 70.6 Å². The molecule has 0 bridgehead atoms. The lowest BCUT2D eigenvalue weighted by atomic mass is 10.2. The molecule has 2 nitrogen and oxygen atoms in total. The number of aromatic nitrogens is 2. The zero-order chi connectivity index (χ0) is 8.72. The Bertz CT molecular complexity index is 436. The monoisotopic (exact) mass is 167 g/mol. The van der Waals surface area contributed by atoms with Gasteiger partial charge in [0.2, 0.25) is 0 Å². The van der Waals surface area contributed by atoms with Crippen LogP contribution in [0, 0.1) is 6.92 Å². The Balaban J connectivity index is 2.88. The molecule has 2 heterocycles. The Hall–Kier alpha value is -1.02. The van der Waals surface area contributed by atoms with Crippen molar-refractivity contribution in [3.05, 3.63) is 29.0 Å². The van der Waals surface area contributed by atoms with Crippen molar-refractivity contribution in [2.24, 2.45) is 0 Å². The number of hydrogen-bond acceptors (Lipinski definition) is 1. The summed E-state index contributed by atoms with van der Waals surface area (Å²) < 4.78 is 7.36. The molecule has 0 aromatic carbocycles. The molecule has 2 aromatic heterocycles. The summed E-state index contributed by atoms with van der Waals surface area (Å²) in [6.45, 7) is 1.91. The van der Waals surface area contributed by atoms with Crippen molar-refractivity contribution in [3.8, 4) is 0 Å². The van der Waals surface area contributed by atoms with E-state index in [2.05, 4.69) is 9.97 Å². The first-order valence-electron chi connectivity index (χ1n) is 3.79. The van der Waals surface area contributed by atoms with E-state index in [1.165, 1.54) is 6.20 Å². The maximum Gasteiger partial charge on any atom is 0.138 e. The third kappa shape index (κ3) is 0.906. The number of nitrogens with zero attached hydrogens (tertiary/aromatic N) is 1. The highest BCUT2D eigenvalue weighted by Gasteiger charge is 2.03. The third-order valence-corrected chi connectivity index (χ3v) is 2.09. The summed E-state index contributed by atoms with van der Waals surface area (Å²) in [5.41, 5.74) is 1.70. The molecule has 0 spiro atoms. The van der Waals surface area contributed by atoms with Crippen LogP contribution in [0.2, 0.25) is 5.15 Å². The van der Waals surface area contributed by atoms with E-state index in [0.29, 0.717) is 11.2 Å². The van der Waals surface area contributed by atoms with Gasteiger partial charge in [-0.3, -0.25) is 0 Å². The van der Waals surface area contributed by atoms with E-state index in [0.717, 1.165) is 16.6 Å². The minimum Gasteiger partial charge on any atom is -0.330 e. The second-order valence-electron chi connectivity index (χ2n) is 2.40. The fourth-order valence-electron chi connectivity index (χ4n) is 1.06. The van der Waals surface area contributed by atoms with E-state index in [1.54, 1.807) is 6.07 Å². The summed E-state index contributed by atoms with van der Waals surface area (Å²) in [6.07, 6.45) is 1.49. The van der Waals surface area contributed by atoms with Gasteiger partial charge in [0.15, 0.2) is 0 Å². The fourth-order valence-corrected chi connectivity index (χ4v) is 1.25. The predicted molar refractivity (Wildman–Crippen MR) is 45.8 cm³/mol. The van der Waals surface area contributed by atoms with Gasteiger partial charge >= 0.3 is 0 Å². The average molecular weight is 168 g/mol. The van der Waals surface area contributed by atoms with Gasteiger partial charge < -0.3 is 4.98 Å². The first-order chi connectivity index (χ1) is 5.68. The molecule has 11 heavy (non-hydrogen) atoms. The molecular formula is C8H7ClN2. The molecule has 3 heteroatoms. The largest absolute Gasteiger partial charge is 0.330 e. The molecule has 0 atom stereocenters. The second kappa shape index (κ2) is 2.24. The van der Waals surface area contributed by atoms with E-state index in [1.807, 2.05) is 6.92 Å². The average Bonchev–Trinajstić information content (AvgIpc) is 2.31. The molecule has 56 valence electrons. The van der Waals surface area contributed by atoms with Gasteiger partial charge in [0, 0.05) is 11.6 Å². The van der Waals surface area contributed by atoms with Gasteiger partial charge in [0.05, 0.1) is 1.37 Å². The molecule has 0 radical (unpaired) electrons. The zero-order valence-corrected chi connectivity index (χ0v) is 6.74. The van der Waals surface area contributed by atoms with Crippen molar-refractivity contribution in [3.63, 3.8) is 0 Å². The second-order valence-corrected chi connectivity index (χ2v) is 2.77. The number of rotatable bonds is 0. The number of fused-ring (bicyclic) bond motifs is 1. The molecule has 0 fully saturated rings. The van der Waals surface area contributed by atoms with E-state index in [-0.39, 0.29) is 0 Å². The molecule has 0 unspecified atom stereocenters. The topological polar surface area (TPSA) is 28.7 Å².